The van der Waals surface area contributed by atoms with Crippen molar-refractivity contribution in [1.82, 2.24) is 10.2 Å². The summed E-state index contributed by atoms with van der Waals surface area (Å²) in [6.07, 6.45) is 6.96. The molecule has 1 heterocycles. The second-order valence-corrected chi connectivity index (χ2v) is 4.77. The first-order chi connectivity index (χ1) is 7.33. The summed E-state index contributed by atoms with van der Waals surface area (Å²) in [7, 11) is 0. The number of amides is 1. The van der Waals surface area contributed by atoms with E-state index in [1.807, 2.05) is 0 Å². The first-order valence-corrected chi connectivity index (χ1v) is 6.36. The molecule has 0 radical (unpaired) electrons. The molecule has 1 unspecified atom stereocenters. The van der Waals surface area contributed by atoms with E-state index in [-0.39, 0.29) is 6.04 Å². The molecule has 1 saturated carbocycles. The number of carbonyl (C=O) groups excluding carboxylic acids is 1. The van der Waals surface area contributed by atoms with E-state index in [0.717, 1.165) is 32.4 Å². The molecule has 3 nitrogen and oxygen atoms in total. The minimum atomic E-state index is 0.127. The summed E-state index contributed by atoms with van der Waals surface area (Å²) in [6, 6.07) is 0.703. The van der Waals surface area contributed by atoms with Crippen LogP contribution in [-0.4, -0.2) is 36.0 Å². The first-order valence-electron chi connectivity index (χ1n) is 6.36. The molecule has 0 bridgehead atoms. The van der Waals surface area contributed by atoms with Gasteiger partial charge in [-0.25, -0.2) is 0 Å². The van der Waals surface area contributed by atoms with Crippen LogP contribution in [0.3, 0.4) is 0 Å². The quantitative estimate of drug-likeness (QED) is 0.746. The van der Waals surface area contributed by atoms with Crippen molar-refractivity contribution in [2.45, 2.75) is 57.5 Å². The largest absolute Gasteiger partial charge is 0.338 e. The molecule has 1 amide bonds. The van der Waals surface area contributed by atoms with Gasteiger partial charge < -0.3 is 10.2 Å². The Kier molecular flexibility index (Phi) is 3.62. The highest BCUT2D eigenvalue weighted by Gasteiger charge is 2.35. The molecule has 3 heteroatoms. The fourth-order valence-electron chi connectivity index (χ4n) is 2.28. The fourth-order valence-corrected chi connectivity index (χ4v) is 2.28. The Morgan fingerprint density at radius 2 is 2.20 bits per heavy atom. The van der Waals surface area contributed by atoms with Gasteiger partial charge in [0.15, 0.2) is 0 Å². The average Bonchev–Trinajstić information content (AvgIpc) is 2.94. The molecule has 1 atom stereocenters. The number of rotatable bonds is 5. The maximum Gasteiger partial charge on any atom is 0.239 e. The lowest BCUT2D eigenvalue weighted by atomic mass is 10.2. The zero-order valence-corrected chi connectivity index (χ0v) is 9.67. The Morgan fingerprint density at radius 3 is 2.73 bits per heavy atom. The minimum absolute atomic E-state index is 0.127. The van der Waals surface area contributed by atoms with Gasteiger partial charge in [-0.05, 0) is 38.6 Å². The Morgan fingerprint density at radius 1 is 1.40 bits per heavy atom. The van der Waals surface area contributed by atoms with E-state index in [2.05, 4.69) is 17.1 Å². The van der Waals surface area contributed by atoms with Crippen LogP contribution in [0.1, 0.15) is 45.4 Å². The number of carbonyl (C=O) groups is 1. The summed E-state index contributed by atoms with van der Waals surface area (Å²) in [6.45, 7) is 4.17. The molecule has 2 aliphatic rings. The molecule has 0 aromatic heterocycles. The molecule has 1 aliphatic carbocycles. The van der Waals surface area contributed by atoms with Gasteiger partial charge >= 0.3 is 0 Å². The summed E-state index contributed by atoms with van der Waals surface area (Å²) >= 11 is 0. The predicted molar refractivity (Wildman–Crippen MR) is 60.7 cm³/mol. The Bertz CT molecular complexity index is 220. The van der Waals surface area contributed by atoms with E-state index in [0.29, 0.717) is 11.9 Å². The number of hydrogen-bond donors (Lipinski definition) is 1. The van der Waals surface area contributed by atoms with E-state index < -0.39 is 0 Å². The number of unbranched alkanes of at least 4 members (excludes halogenated alkanes) is 1. The zero-order valence-electron chi connectivity index (χ0n) is 9.67. The third kappa shape index (κ3) is 2.71. The molecule has 1 aliphatic heterocycles. The highest BCUT2D eigenvalue weighted by atomic mass is 16.2. The van der Waals surface area contributed by atoms with Crippen LogP contribution in [0.5, 0.6) is 0 Å². The van der Waals surface area contributed by atoms with Crippen molar-refractivity contribution in [3.05, 3.63) is 0 Å². The van der Waals surface area contributed by atoms with E-state index in [9.17, 15) is 4.79 Å². The molecule has 86 valence electrons. The topological polar surface area (TPSA) is 32.3 Å². The second kappa shape index (κ2) is 4.97. The van der Waals surface area contributed by atoms with E-state index in [4.69, 9.17) is 0 Å². The molecule has 15 heavy (non-hydrogen) atoms. The average molecular weight is 210 g/mol. The minimum Gasteiger partial charge on any atom is -0.338 e. The van der Waals surface area contributed by atoms with Gasteiger partial charge in [0, 0.05) is 12.6 Å². The second-order valence-electron chi connectivity index (χ2n) is 4.77. The van der Waals surface area contributed by atoms with Gasteiger partial charge in [0.25, 0.3) is 0 Å². The molecule has 2 fully saturated rings. The smallest absolute Gasteiger partial charge is 0.239 e. The molecule has 2 rings (SSSR count). The highest BCUT2D eigenvalue weighted by molar-refractivity contribution is 5.82. The number of nitrogens with one attached hydrogen (secondary N) is 1. The van der Waals surface area contributed by atoms with Gasteiger partial charge in [0.05, 0.1) is 6.04 Å². The third-order valence-electron chi connectivity index (χ3n) is 3.38. The predicted octanol–water partition coefficient (Wildman–Crippen LogP) is 1.53. The van der Waals surface area contributed by atoms with Gasteiger partial charge in [0.2, 0.25) is 5.91 Å². The van der Waals surface area contributed by atoms with Crippen LogP contribution in [0, 0.1) is 0 Å². The van der Waals surface area contributed by atoms with Gasteiger partial charge in [-0.1, -0.05) is 13.3 Å². The van der Waals surface area contributed by atoms with Crippen molar-refractivity contribution in [2.24, 2.45) is 0 Å². The van der Waals surface area contributed by atoms with Crippen LogP contribution in [0.25, 0.3) is 0 Å². The molecule has 0 spiro atoms. The summed E-state index contributed by atoms with van der Waals surface area (Å²) in [5.74, 6) is 0.364. The lowest BCUT2D eigenvalue weighted by Crippen LogP contribution is -2.45. The fraction of sp³-hybridized carbons (Fsp3) is 0.917. The summed E-state index contributed by atoms with van der Waals surface area (Å²) in [4.78, 5) is 14.3. The van der Waals surface area contributed by atoms with Gasteiger partial charge in [-0.3, -0.25) is 4.79 Å². The van der Waals surface area contributed by atoms with Gasteiger partial charge in [0.1, 0.15) is 0 Å². The maximum absolute atomic E-state index is 12.2. The van der Waals surface area contributed by atoms with Crippen LogP contribution in [0.4, 0.5) is 0 Å². The lowest BCUT2D eigenvalue weighted by Gasteiger charge is -2.25. The van der Waals surface area contributed by atoms with Crippen molar-refractivity contribution < 1.29 is 4.79 Å². The maximum atomic E-state index is 12.2. The Labute approximate surface area is 92.2 Å². The zero-order chi connectivity index (χ0) is 10.7. The summed E-state index contributed by atoms with van der Waals surface area (Å²) in [5, 5.41) is 3.30. The van der Waals surface area contributed by atoms with Crippen molar-refractivity contribution in [3.63, 3.8) is 0 Å². The Hall–Kier alpha value is -0.570. The third-order valence-corrected chi connectivity index (χ3v) is 3.38. The highest BCUT2D eigenvalue weighted by Crippen LogP contribution is 2.28. The number of nitrogens with zero attached hydrogens (tertiary/aromatic N) is 1. The summed E-state index contributed by atoms with van der Waals surface area (Å²) in [5.41, 5.74) is 0. The van der Waals surface area contributed by atoms with E-state index in [1.54, 1.807) is 0 Å². The van der Waals surface area contributed by atoms with Crippen molar-refractivity contribution in [3.8, 4) is 0 Å². The molecular weight excluding hydrogens is 188 g/mol. The van der Waals surface area contributed by atoms with E-state index >= 15 is 0 Å². The standard InChI is InChI=1S/C12H22N2O/c1-2-3-9-14(10-6-7-10)12(15)11-5-4-8-13-11/h10-11,13H,2-9H2,1H3. The molecule has 1 N–H and O–H groups in total. The summed E-state index contributed by atoms with van der Waals surface area (Å²) < 4.78 is 0. The molecule has 1 saturated heterocycles. The molecule has 0 aromatic carbocycles. The van der Waals surface area contributed by atoms with Gasteiger partial charge in [-0.15, -0.1) is 0 Å². The van der Waals surface area contributed by atoms with Gasteiger partial charge in [-0.2, -0.15) is 0 Å². The monoisotopic (exact) mass is 210 g/mol. The Balaban J connectivity index is 1.87. The molecule has 0 aromatic rings. The van der Waals surface area contributed by atoms with Crippen molar-refractivity contribution in [2.75, 3.05) is 13.1 Å². The van der Waals surface area contributed by atoms with Crippen molar-refractivity contribution >= 4 is 5.91 Å². The normalized spacial score (nSPS) is 25.5. The van der Waals surface area contributed by atoms with Crippen LogP contribution < -0.4 is 5.32 Å². The van der Waals surface area contributed by atoms with Crippen LogP contribution in [0.2, 0.25) is 0 Å². The number of hydrogen-bond acceptors (Lipinski definition) is 2. The first kappa shape index (κ1) is 10.9. The lowest BCUT2D eigenvalue weighted by molar-refractivity contribution is -0.133. The van der Waals surface area contributed by atoms with E-state index in [1.165, 1.54) is 19.3 Å². The van der Waals surface area contributed by atoms with Crippen LogP contribution in [-0.2, 0) is 4.79 Å². The SMILES string of the molecule is CCCCN(C(=O)C1CCCN1)C1CC1. The molecular formula is C12H22N2O. The van der Waals surface area contributed by atoms with Crippen molar-refractivity contribution in [1.29, 1.82) is 0 Å². The van der Waals surface area contributed by atoms with Crippen LogP contribution in [0.15, 0.2) is 0 Å². The van der Waals surface area contributed by atoms with Crippen LogP contribution >= 0.6 is 0 Å².